The molecule has 0 bridgehead atoms. The average Bonchev–Trinajstić information content (AvgIpc) is 3.07. The molecule has 0 spiro atoms. The monoisotopic (exact) mass is 401 g/mol. The van der Waals surface area contributed by atoms with Gasteiger partial charge in [-0.25, -0.2) is 9.48 Å². The maximum absolute atomic E-state index is 13.4. The van der Waals surface area contributed by atoms with Crippen LogP contribution in [0.4, 0.5) is 5.82 Å². The highest BCUT2D eigenvalue weighted by atomic mass is 16.4. The number of aromatic carboxylic acids is 1. The summed E-state index contributed by atoms with van der Waals surface area (Å²) >= 11 is 0. The summed E-state index contributed by atoms with van der Waals surface area (Å²) in [7, 11) is 0. The van der Waals surface area contributed by atoms with Crippen molar-refractivity contribution in [2.75, 3.05) is 4.90 Å². The molecular weight excluding hydrogens is 366 g/mol. The molecule has 0 unspecified atom stereocenters. The van der Waals surface area contributed by atoms with Crippen LogP contribution in [0.2, 0.25) is 0 Å². The molecule has 2 aliphatic rings. The van der Waals surface area contributed by atoms with E-state index in [1.54, 1.807) is 15.8 Å². The summed E-state index contributed by atoms with van der Waals surface area (Å²) in [5.74, 6) is -0.142. The first-order valence-electron chi connectivity index (χ1n) is 10.9. The summed E-state index contributed by atoms with van der Waals surface area (Å²) < 4.78 is 1.68. The lowest BCUT2D eigenvalue weighted by atomic mass is 9.80. The quantitative estimate of drug-likeness (QED) is 0.736. The third-order valence-corrected chi connectivity index (χ3v) is 6.51. The normalized spacial score (nSPS) is 24.3. The number of carbonyl (C=O) groups excluding carboxylic acids is 1. The van der Waals surface area contributed by atoms with Crippen LogP contribution in [-0.2, 0) is 4.79 Å². The van der Waals surface area contributed by atoms with Crippen LogP contribution in [0.1, 0.15) is 89.9 Å². The second kappa shape index (κ2) is 8.33. The van der Waals surface area contributed by atoms with Crippen molar-refractivity contribution in [3.63, 3.8) is 0 Å². The first-order chi connectivity index (χ1) is 13.6. The third-order valence-electron chi connectivity index (χ3n) is 6.51. The molecule has 0 aromatic carbocycles. The van der Waals surface area contributed by atoms with Gasteiger partial charge >= 0.3 is 5.97 Å². The Hall–Kier alpha value is -2.11. The third kappa shape index (κ3) is 4.73. The highest BCUT2D eigenvalue weighted by Crippen LogP contribution is 2.37. The molecule has 6 heteroatoms. The van der Waals surface area contributed by atoms with E-state index >= 15 is 0 Å². The van der Waals surface area contributed by atoms with Gasteiger partial charge in [-0.2, -0.15) is 0 Å². The fourth-order valence-electron chi connectivity index (χ4n) is 4.42. The molecule has 0 atom stereocenters. The van der Waals surface area contributed by atoms with Gasteiger partial charge in [0.05, 0.1) is 0 Å². The van der Waals surface area contributed by atoms with Crippen molar-refractivity contribution in [3.8, 4) is 0 Å². The predicted molar refractivity (Wildman–Crippen MR) is 115 cm³/mol. The molecule has 0 aliphatic heterocycles. The number of carboxylic acid groups (broad SMARTS) is 1. The fraction of sp³-hybridized carbons (Fsp3) is 0.696. The van der Waals surface area contributed by atoms with E-state index in [2.05, 4.69) is 31.9 Å². The van der Waals surface area contributed by atoms with Crippen LogP contribution in [-0.4, -0.2) is 32.8 Å². The topological polar surface area (TPSA) is 75.4 Å². The SMILES string of the molecule is CC(C)N(c1nn(C2=CCC(C)(C)CC2)cc1C(=O)O)C(=O)[C@H]1CC[C@H](C)CC1. The lowest BCUT2D eigenvalue weighted by Gasteiger charge is -2.32. The maximum atomic E-state index is 13.4. The molecule has 1 aromatic heterocycles. The van der Waals surface area contributed by atoms with Crippen LogP contribution >= 0.6 is 0 Å². The van der Waals surface area contributed by atoms with Crippen molar-refractivity contribution < 1.29 is 14.7 Å². The Bertz CT molecular complexity index is 798. The number of nitrogens with zero attached hydrogens (tertiary/aromatic N) is 3. The van der Waals surface area contributed by atoms with E-state index in [4.69, 9.17) is 0 Å². The summed E-state index contributed by atoms with van der Waals surface area (Å²) in [6.45, 7) is 10.6. The summed E-state index contributed by atoms with van der Waals surface area (Å²) in [6, 6.07) is -0.150. The van der Waals surface area contributed by atoms with Crippen molar-refractivity contribution in [1.82, 2.24) is 9.78 Å². The number of hydrogen-bond donors (Lipinski definition) is 1. The van der Waals surface area contributed by atoms with Gasteiger partial charge in [-0.1, -0.05) is 26.8 Å². The number of hydrogen-bond acceptors (Lipinski definition) is 3. The van der Waals surface area contributed by atoms with E-state index < -0.39 is 5.97 Å². The highest BCUT2D eigenvalue weighted by Gasteiger charge is 2.34. The van der Waals surface area contributed by atoms with Crippen LogP contribution in [0.15, 0.2) is 12.3 Å². The van der Waals surface area contributed by atoms with E-state index in [1.165, 1.54) is 0 Å². The zero-order valence-corrected chi connectivity index (χ0v) is 18.4. The Labute approximate surface area is 174 Å². The molecule has 0 saturated heterocycles. The van der Waals surface area contributed by atoms with Crippen LogP contribution in [0.5, 0.6) is 0 Å². The molecule has 1 amide bonds. The molecular formula is C23H35N3O3. The Kier molecular flexibility index (Phi) is 6.20. The van der Waals surface area contributed by atoms with Crippen LogP contribution in [0.3, 0.4) is 0 Å². The predicted octanol–water partition coefficient (Wildman–Crippen LogP) is 5.20. The van der Waals surface area contributed by atoms with Gasteiger partial charge < -0.3 is 5.11 Å². The highest BCUT2D eigenvalue weighted by molar-refractivity contribution is 6.01. The number of anilines is 1. The molecule has 1 fully saturated rings. The fourth-order valence-corrected chi connectivity index (χ4v) is 4.42. The molecule has 0 radical (unpaired) electrons. The number of carboxylic acids is 1. The number of rotatable bonds is 5. The lowest BCUT2D eigenvalue weighted by Crippen LogP contribution is -2.43. The van der Waals surface area contributed by atoms with Gasteiger partial charge in [0.2, 0.25) is 5.91 Å². The van der Waals surface area contributed by atoms with Crippen molar-refractivity contribution in [2.24, 2.45) is 17.3 Å². The van der Waals surface area contributed by atoms with Crippen molar-refractivity contribution >= 4 is 23.4 Å². The summed E-state index contributed by atoms with van der Waals surface area (Å²) in [6.07, 6.45) is 10.4. The van der Waals surface area contributed by atoms with Gasteiger partial charge in [0.1, 0.15) is 5.56 Å². The van der Waals surface area contributed by atoms with E-state index in [0.717, 1.165) is 50.6 Å². The van der Waals surface area contributed by atoms with E-state index in [0.29, 0.717) is 5.92 Å². The maximum Gasteiger partial charge on any atom is 0.341 e. The van der Waals surface area contributed by atoms with Crippen LogP contribution in [0, 0.1) is 17.3 Å². The molecule has 2 aliphatic carbocycles. The summed E-state index contributed by atoms with van der Waals surface area (Å²) in [5.41, 5.74) is 1.37. The van der Waals surface area contributed by atoms with Gasteiger partial charge in [-0.3, -0.25) is 9.69 Å². The van der Waals surface area contributed by atoms with Gasteiger partial charge in [-0.05, 0) is 70.1 Å². The van der Waals surface area contributed by atoms with Crippen LogP contribution < -0.4 is 4.90 Å². The first-order valence-corrected chi connectivity index (χ1v) is 10.9. The number of aromatic nitrogens is 2. The Balaban J connectivity index is 1.94. The molecule has 160 valence electrons. The Morgan fingerprint density at radius 3 is 2.41 bits per heavy atom. The summed E-state index contributed by atoms with van der Waals surface area (Å²) in [5, 5.41) is 14.4. The standard InChI is InChI=1S/C23H35N3O3/c1-15(2)26(21(27)17-8-6-16(3)7-9-17)20-19(22(28)29)14-25(24-20)18-10-12-23(4,5)13-11-18/h10,14-17H,6-9,11-13H2,1-5H3,(H,28,29)/t16-,17-. The van der Waals surface area contributed by atoms with Gasteiger partial charge in [0.15, 0.2) is 5.82 Å². The molecule has 1 N–H and O–H groups in total. The zero-order chi connectivity index (χ0) is 21.3. The van der Waals surface area contributed by atoms with Crippen molar-refractivity contribution in [2.45, 2.75) is 85.6 Å². The Morgan fingerprint density at radius 1 is 1.24 bits per heavy atom. The second-order valence-corrected chi connectivity index (χ2v) is 9.94. The van der Waals surface area contributed by atoms with Gasteiger partial charge in [0, 0.05) is 23.9 Å². The minimum absolute atomic E-state index is 0.0124. The lowest BCUT2D eigenvalue weighted by molar-refractivity contribution is -0.123. The molecule has 29 heavy (non-hydrogen) atoms. The van der Waals surface area contributed by atoms with Gasteiger partial charge in [-0.15, -0.1) is 5.10 Å². The molecule has 3 rings (SSSR count). The first kappa shape index (κ1) is 21.6. The molecule has 6 nitrogen and oxygen atoms in total. The molecule has 1 aromatic rings. The van der Waals surface area contributed by atoms with Gasteiger partial charge in [0.25, 0.3) is 0 Å². The Morgan fingerprint density at radius 2 is 1.90 bits per heavy atom. The number of allylic oxidation sites excluding steroid dienone is 2. The smallest absolute Gasteiger partial charge is 0.341 e. The largest absolute Gasteiger partial charge is 0.477 e. The van der Waals surface area contributed by atoms with E-state index in [-0.39, 0.29) is 34.7 Å². The number of carbonyl (C=O) groups is 2. The second-order valence-electron chi connectivity index (χ2n) is 9.94. The molecule has 1 saturated carbocycles. The van der Waals surface area contributed by atoms with E-state index in [9.17, 15) is 14.7 Å². The minimum atomic E-state index is -1.04. The summed E-state index contributed by atoms with van der Waals surface area (Å²) in [4.78, 5) is 27.0. The van der Waals surface area contributed by atoms with Crippen LogP contribution in [0.25, 0.3) is 5.70 Å². The van der Waals surface area contributed by atoms with E-state index in [1.807, 2.05) is 13.8 Å². The number of amides is 1. The minimum Gasteiger partial charge on any atom is -0.477 e. The van der Waals surface area contributed by atoms with Crippen molar-refractivity contribution in [1.29, 1.82) is 0 Å². The average molecular weight is 402 g/mol. The molecule has 1 heterocycles. The zero-order valence-electron chi connectivity index (χ0n) is 18.4. The van der Waals surface area contributed by atoms with Crippen molar-refractivity contribution in [3.05, 3.63) is 17.8 Å².